The Morgan fingerprint density at radius 3 is 2.95 bits per heavy atom. The molecule has 2 rings (SSSR count). The highest BCUT2D eigenvalue weighted by molar-refractivity contribution is 9.10. The number of hydrogen-bond donors (Lipinski definition) is 1. The number of carbonyl (C=O) groups is 1. The van der Waals surface area contributed by atoms with Crippen LogP contribution in [0.4, 0.5) is 5.69 Å². The van der Waals surface area contributed by atoms with Gasteiger partial charge in [-0.2, -0.15) is 0 Å². The molecule has 1 N–H and O–H groups in total. The van der Waals surface area contributed by atoms with Crippen molar-refractivity contribution in [3.8, 4) is 0 Å². The summed E-state index contributed by atoms with van der Waals surface area (Å²) in [4.78, 5) is 16.0. The normalized spacial score (nSPS) is 21.8. The van der Waals surface area contributed by atoms with Gasteiger partial charge in [-0.05, 0) is 60.2 Å². The molecule has 104 valence electrons. The minimum Gasteiger partial charge on any atom is -0.378 e. The van der Waals surface area contributed by atoms with Crippen LogP contribution in [0.15, 0.2) is 16.9 Å². The summed E-state index contributed by atoms with van der Waals surface area (Å²) >= 11 is 3.34. The van der Waals surface area contributed by atoms with Crippen LogP contribution in [0, 0.1) is 12.8 Å². The fourth-order valence-electron chi connectivity index (χ4n) is 2.31. The summed E-state index contributed by atoms with van der Waals surface area (Å²) in [6, 6.07) is 1.92. The van der Waals surface area contributed by atoms with E-state index in [-0.39, 0.29) is 5.91 Å². The topological polar surface area (TPSA) is 51.2 Å². The number of carbonyl (C=O) groups excluding carboxylic acids is 1. The van der Waals surface area contributed by atoms with Gasteiger partial charge in [0.05, 0.1) is 18.0 Å². The smallest absolute Gasteiger partial charge is 0.224 e. The lowest BCUT2D eigenvalue weighted by Gasteiger charge is -2.34. The molecule has 1 aliphatic rings. The standard InChI is InChI=1S/C14H19BrN2O2/c1-3-19-12-5-10(6-12)7-13(18)17-11-4-9(2)14(15)16-8-11/h4,8,10,12H,3,5-7H2,1-2H3,(H,17,18). The average Bonchev–Trinajstić information content (AvgIpc) is 2.31. The van der Waals surface area contributed by atoms with Gasteiger partial charge in [0, 0.05) is 13.0 Å². The van der Waals surface area contributed by atoms with Crippen LogP contribution >= 0.6 is 15.9 Å². The number of pyridine rings is 1. The summed E-state index contributed by atoms with van der Waals surface area (Å²) in [5, 5.41) is 2.89. The first-order valence-electron chi connectivity index (χ1n) is 6.62. The molecule has 0 aromatic carbocycles. The van der Waals surface area contributed by atoms with Gasteiger partial charge >= 0.3 is 0 Å². The van der Waals surface area contributed by atoms with Crippen molar-refractivity contribution in [2.24, 2.45) is 5.92 Å². The fraction of sp³-hybridized carbons (Fsp3) is 0.571. The molecule has 1 aromatic heterocycles. The number of aryl methyl sites for hydroxylation is 1. The molecular weight excluding hydrogens is 308 g/mol. The van der Waals surface area contributed by atoms with Gasteiger partial charge in [0.1, 0.15) is 4.60 Å². The van der Waals surface area contributed by atoms with E-state index in [1.807, 2.05) is 19.9 Å². The molecule has 0 radical (unpaired) electrons. The van der Waals surface area contributed by atoms with E-state index >= 15 is 0 Å². The van der Waals surface area contributed by atoms with E-state index in [0.29, 0.717) is 18.4 Å². The number of ether oxygens (including phenoxy) is 1. The van der Waals surface area contributed by atoms with Crippen molar-refractivity contribution < 1.29 is 9.53 Å². The van der Waals surface area contributed by atoms with Gasteiger partial charge < -0.3 is 10.1 Å². The number of nitrogens with zero attached hydrogens (tertiary/aromatic N) is 1. The minimum atomic E-state index is 0.0588. The van der Waals surface area contributed by atoms with Gasteiger partial charge in [0.15, 0.2) is 0 Å². The van der Waals surface area contributed by atoms with Gasteiger partial charge in [-0.25, -0.2) is 4.98 Å². The summed E-state index contributed by atoms with van der Waals surface area (Å²) < 4.78 is 6.30. The summed E-state index contributed by atoms with van der Waals surface area (Å²) in [5.74, 6) is 0.518. The predicted octanol–water partition coefficient (Wildman–Crippen LogP) is 3.30. The Morgan fingerprint density at radius 2 is 2.32 bits per heavy atom. The minimum absolute atomic E-state index is 0.0588. The quantitative estimate of drug-likeness (QED) is 0.844. The van der Waals surface area contributed by atoms with Crippen LogP contribution in [0.3, 0.4) is 0 Å². The summed E-state index contributed by atoms with van der Waals surface area (Å²) in [6.07, 6.45) is 4.59. The molecule has 1 amide bonds. The molecule has 0 aliphatic heterocycles. The monoisotopic (exact) mass is 326 g/mol. The first-order valence-corrected chi connectivity index (χ1v) is 7.41. The second kappa shape index (κ2) is 6.48. The van der Waals surface area contributed by atoms with Gasteiger partial charge in [-0.1, -0.05) is 0 Å². The molecule has 1 saturated carbocycles. The zero-order valence-corrected chi connectivity index (χ0v) is 12.9. The van der Waals surface area contributed by atoms with E-state index in [0.717, 1.165) is 35.3 Å². The van der Waals surface area contributed by atoms with Crippen molar-refractivity contribution in [3.05, 3.63) is 22.4 Å². The third-order valence-corrected chi connectivity index (χ3v) is 4.20. The van der Waals surface area contributed by atoms with Crippen LogP contribution < -0.4 is 5.32 Å². The SMILES string of the molecule is CCOC1CC(CC(=O)Nc2cnc(Br)c(C)c2)C1. The molecule has 0 atom stereocenters. The van der Waals surface area contributed by atoms with Crippen LogP contribution in [-0.2, 0) is 9.53 Å². The van der Waals surface area contributed by atoms with Crippen molar-refractivity contribution in [3.63, 3.8) is 0 Å². The second-order valence-electron chi connectivity index (χ2n) is 5.00. The number of hydrogen-bond acceptors (Lipinski definition) is 3. The third-order valence-electron chi connectivity index (χ3n) is 3.37. The molecule has 5 heteroatoms. The third kappa shape index (κ3) is 4.01. The van der Waals surface area contributed by atoms with E-state index in [2.05, 4.69) is 26.2 Å². The van der Waals surface area contributed by atoms with Crippen molar-refractivity contribution in [1.29, 1.82) is 0 Å². The van der Waals surface area contributed by atoms with E-state index in [9.17, 15) is 4.79 Å². The zero-order chi connectivity index (χ0) is 13.8. The van der Waals surface area contributed by atoms with E-state index in [1.165, 1.54) is 0 Å². The van der Waals surface area contributed by atoms with Crippen LogP contribution in [0.2, 0.25) is 0 Å². The van der Waals surface area contributed by atoms with Crippen molar-refractivity contribution in [1.82, 2.24) is 4.98 Å². The lowest BCUT2D eigenvalue weighted by molar-refractivity contribution is -0.119. The maximum Gasteiger partial charge on any atom is 0.224 e. The molecule has 0 bridgehead atoms. The molecule has 4 nitrogen and oxygen atoms in total. The fourth-order valence-corrected chi connectivity index (χ4v) is 2.53. The Labute approximate surface area is 122 Å². The van der Waals surface area contributed by atoms with Gasteiger partial charge in [-0.15, -0.1) is 0 Å². The number of amides is 1. The van der Waals surface area contributed by atoms with E-state index in [4.69, 9.17) is 4.74 Å². The second-order valence-corrected chi connectivity index (χ2v) is 5.75. The van der Waals surface area contributed by atoms with Crippen LogP contribution in [-0.4, -0.2) is 23.6 Å². The Morgan fingerprint density at radius 1 is 1.58 bits per heavy atom. The first-order chi connectivity index (χ1) is 9.08. The van der Waals surface area contributed by atoms with E-state index in [1.54, 1.807) is 6.20 Å². The molecule has 1 aromatic rings. The number of rotatable bonds is 5. The molecule has 1 fully saturated rings. The zero-order valence-electron chi connectivity index (χ0n) is 11.3. The van der Waals surface area contributed by atoms with Crippen molar-refractivity contribution in [2.75, 3.05) is 11.9 Å². The Hall–Kier alpha value is -0.940. The highest BCUT2D eigenvalue weighted by Gasteiger charge is 2.31. The van der Waals surface area contributed by atoms with Gasteiger partial charge in [-0.3, -0.25) is 4.79 Å². The number of halogens is 1. The van der Waals surface area contributed by atoms with Crippen LogP contribution in [0.25, 0.3) is 0 Å². The van der Waals surface area contributed by atoms with E-state index < -0.39 is 0 Å². The largest absolute Gasteiger partial charge is 0.378 e. The molecule has 1 heterocycles. The lowest BCUT2D eigenvalue weighted by atomic mass is 9.80. The Bertz CT molecular complexity index is 459. The molecular formula is C14H19BrN2O2. The maximum atomic E-state index is 11.9. The van der Waals surface area contributed by atoms with Gasteiger partial charge in [0.2, 0.25) is 5.91 Å². The predicted molar refractivity (Wildman–Crippen MR) is 78.1 cm³/mol. The molecule has 1 aliphatic carbocycles. The number of anilines is 1. The summed E-state index contributed by atoms with van der Waals surface area (Å²) in [7, 11) is 0. The molecule has 0 unspecified atom stereocenters. The summed E-state index contributed by atoms with van der Waals surface area (Å²) in [6.45, 7) is 4.71. The first kappa shape index (κ1) is 14.5. The Kier molecular flexibility index (Phi) is 4.93. The van der Waals surface area contributed by atoms with Crippen LogP contribution in [0.5, 0.6) is 0 Å². The maximum absolute atomic E-state index is 11.9. The van der Waals surface area contributed by atoms with Crippen LogP contribution in [0.1, 0.15) is 31.7 Å². The summed E-state index contributed by atoms with van der Waals surface area (Å²) in [5.41, 5.74) is 1.77. The highest BCUT2D eigenvalue weighted by Crippen LogP contribution is 2.32. The number of aromatic nitrogens is 1. The van der Waals surface area contributed by atoms with Crippen molar-refractivity contribution >= 4 is 27.5 Å². The molecule has 0 saturated heterocycles. The lowest BCUT2D eigenvalue weighted by Crippen LogP contribution is -2.33. The molecule has 0 spiro atoms. The van der Waals surface area contributed by atoms with Gasteiger partial charge in [0.25, 0.3) is 0 Å². The Balaban J connectivity index is 1.77. The van der Waals surface area contributed by atoms with Crippen molar-refractivity contribution in [2.45, 2.75) is 39.2 Å². The highest BCUT2D eigenvalue weighted by atomic mass is 79.9. The molecule has 19 heavy (non-hydrogen) atoms. The number of nitrogens with one attached hydrogen (secondary N) is 1. The average molecular weight is 327 g/mol.